The zero-order chi connectivity index (χ0) is 15.7. The number of carboxylic acids is 1. The fraction of sp³-hybridized carbons (Fsp3) is 0.462. The lowest BCUT2D eigenvalue weighted by Crippen LogP contribution is -2.58. The highest BCUT2D eigenvalue weighted by molar-refractivity contribution is 6.31. The number of aliphatic hydroxyl groups is 3. The lowest BCUT2D eigenvalue weighted by Gasteiger charge is -2.40. The van der Waals surface area contributed by atoms with Crippen LogP contribution in [0.5, 0.6) is 0 Å². The number of anilines is 1. The fourth-order valence-corrected chi connectivity index (χ4v) is 2.32. The molecule has 0 radical (unpaired) electrons. The number of rotatable bonds is 3. The van der Waals surface area contributed by atoms with Gasteiger partial charge in [0.25, 0.3) is 0 Å². The molecule has 1 fully saturated rings. The first-order valence-electron chi connectivity index (χ1n) is 6.30. The Morgan fingerprint density at radius 1 is 1.24 bits per heavy atom. The standard InChI is InChI=1S/C13H16ClNO6/c1-5-9(16)10(17)11(18)12(21-5)15-8-4-6(14)2-3-7(8)13(19)20/h2-5,9-12,15-18H,1H3,(H,19,20)/t5-,9+,10-,11-,12+/m0/s1. The van der Waals surface area contributed by atoms with Gasteiger partial charge in [-0.05, 0) is 25.1 Å². The molecule has 0 saturated carbocycles. The molecule has 0 aromatic heterocycles. The average molecular weight is 318 g/mol. The van der Waals surface area contributed by atoms with Crippen LogP contribution in [0.4, 0.5) is 5.69 Å². The third-order valence-corrected chi connectivity index (χ3v) is 3.60. The zero-order valence-electron chi connectivity index (χ0n) is 11.1. The number of hydrogen-bond acceptors (Lipinski definition) is 6. The molecule has 2 rings (SSSR count). The molecule has 8 heteroatoms. The first kappa shape index (κ1) is 16.0. The van der Waals surface area contributed by atoms with Crippen LogP contribution in [0.2, 0.25) is 5.02 Å². The minimum Gasteiger partial charge on any atom is -0.478 e. The molecule has 1 aromatic rings. The van der Waals surface area contributed by atoms with Crippen LogP contribution in [0.1, 0.15) is 17.3 Å². The van der Waals surface area contributed by atoms with E-state index in [1.165, 1.54) is 25.1 Å². The summed E-state index contributed by atoms with van der Waals surface area (Å²) in [5, 5.41) is 41.4. The van der Waals surface area contributed by atoms with Crippen LogP contribution in [0.15, 0.2) is 18.2 Å². The number of hydrogen-bond donors (Lipinski definition) is 5. The van der Waals surface area contributed by atoms with Crippen molar-refractivity contribution >= 4 is 23.3 Å². The topological polar surface area (TPSA) is 119 Å². The first-order chi connectivity index (χ1) is 9.81. The van der Waals surface area contributed by atoms with E-state index in [0.29, 0.717) is 5.02 Å². The van der Waals surface area contributed by atoms with Gasteiger partial charge >= 0.3 is 5.97 Å². The molecular weight excluding hydrogens is 302 g/mol. The van der Waals surface area contributed by atoms with Gasteiger partial charge in [-0.15, -0.1) is 0 Å². The van der Waals surface area contributed by atoms with Crippen LogP contribution in [-0.2, 0) is 4.74 Å². The summed E-state index contributed by atoms with van der Waals surface area (Å²) in [7, 11) is 0. The number of halogens is 1. The average Bonchev–Trinajstić information content (AvgIpc) is 2.42. The van der Waals surface area contributed by atoms with Gasteiger partial charge in [0.1, 0.15) is 18.3 Å². The normalized spacial score (nSPS) is 32.7. The van der Waals surface area contributed by atoms with Gasteiger partial charge in [-0.25, -0.2) is 4.79 Å². The Hall–Kier alpha value is -1.38. The summed E-state index contributed by atoms with van der Waals surface area (Å²) in [6.07, 6.45) is -5.85. The van der Waals surface area contributed by atoms with Crippen LogP contribution in [-0.4, -0.2) is 57.0 Å². The van der Waals surface area contributed by atoms with E-state index in [1.807, 2.05) is 0 Å². The Bertz CT molecular complexity index is 539. The number of ether oxygens (including phenoxy) is 1. The van der Waals surface area contributed by atoms with Gasteiger partial charge in [-0.3, -0.25) is 0 Å². The zero-order valence-corrected chi connectivity index (χ0v) is 11.9. The molecule has 0 unspecified atom stereocenters. The Kier molecular flexibility index (Phi) is 4.70. The van der Waals surface area contributed by atoms with Gasteiger partial charge in [-0.1, -0.05) is 11.6 Å². The molecule has 116 valence electrons. The molecule has 21 heavy (non-hydrogen) atoms. The summed E-state index contributed by atoms with van der Waals surface area (Å²) in [5.41, 5.74) is 0.0957. The van der Waals surface area contributed by atoms with E-state index in [0.717, 1.165) is 0 Å². The predicted octanol–water partition coefficient (Wildman–Crippen LogP) is 0.278. The van der Waals surface area contributed by atoms with Crippen LogP contribution in [0, 0.1) is 0 Å². The molecule has 1 aromatic carbocycles. The van der Waals surface area contributed by atoms with Crippen molar-refractivity contribution in [3.05, 3.63) is 28.8 Å². The quantitative estimate of drug-likeness (QED) is 0.543. The van der Waals surface area contributed by atoms with Gasteiger partial charge in [0, 0.05) is 5.02 Å². The lowest BCUT2D eigenvalue weighted by molar-refractivity contribution is -0.209. The van der Waals surface area contributed by atoms with Gasteiger partial charge in [0.15, 0.2) is 6.23 Å². The molecule has 0 bridgehead atoms. The number of aliphatic hydroxyl groups excluding tert-OH is 3. The van der Waals surface area contributed by atoms with E-state index < -0.39 is 36.6 Å². The maximum absolute atomic E-state index is 11.2. The Balaban J connectivity index is 2.25. The molecule has 5 atom stereocenters. The van der Waals surface area contributed by atoms with E-state index in [9.17, 15) is 20.1 Å². The van der Waals surface area contributed by atoms with Gasteiger partial charge in [-0.2, -0.15) is 0 Å². The van der Waals surface area contributed by atoms with E-state index in [4.69, 9.17) is 21.4 Å². The highest BCUT2D eigenvalue weighted by Crippen LogP contribution is 2.26. The summed E-state index contributed by atoms with van der Waals surface area (Å²) < 4.78 is 5.35. The maximum atomic E-state index is 11.2. The molecule has 1 saturated heterocycles. The number of aromatic carboxylic acids is 1. The maximum Gasteiger partial charge on any atom is 0.337 e. The third-order valence-electron chi connectivity index (χ3n) is 3.36. The highest BCUT2D eigenvalue weighted by Gasteiger charge is 2.42. The van der Waals surface area contributed by atoms with Gasteiger partial charge in [0.05, 0.1) is 17.4 Å². The van der Waals surface area contributed by atoms with Crippen LogP contribution in [0.25, 0.3) is 0 Å². The monoisotopic (exact) mass is 317 g/mol. The van der Waals surface area contributed by atoms with E-state index in [-0.39, 0.29) is 11.3 Å². The molecule has 7 nitrogen and oxygen atoms in total. The van der Waals surface area contributed by atoms with Crippen molar-refractivity contribution in [3.8, 4) is 0 Å². The second-order valence-corrected chi connectivity index (χ2v) is 5.31. The minimum absolute atomic E-state index is 0.0523. The molecule has 0 aliphatic carbocycles. The Morgan fingerprint density at radius 3 is 2.52 bits per heavy atom. The van der Waals surface area contributed by atoms with Crippen molar-refractivity contribution in [2.75, 3.05) is 5.32 Å². The van der Waals surface area contributed by atoms with E-state index >= 15 is 0 Å². The number of nitrogens with one attached hydrogen (secondary N) is 1. The number of carbonyl (C=O) groups is 1. The number of carboxylic acid groups (broad SMARTS) is 1. The van der Waals surface area contributed by atoms with Crippen molar-refractivity contribution in [1.29, 1.82) is 0 Å². The second kappa shape index (κ2) is 6.17. The fourth-order valence-electron chi connectivity index (χ4n) is 2.15. The predicted molar refractivity (Wildman–Crippen MR) is 74.4 cm³/mol. The molecule has 1 aliphatic rings. The summed E-state index contributed by atoms with van der Waals surface area (Å²) in [4.78, 5) is 11.2. The Labute approximate surface area is 125 Å². The molecule has 0 spiro atoms. The van der Waals surface area contributed by atoms with Crippen molar-refractivity contribution < 1.29 is 30.0 Å². The van der Waals surface area contributed by atoms with Crippen LogP contribution < -0.4 is 5.32 Å². The smallest absolute Gasteiger partial charge is 0.337 e. The molecular formula is C13H16ClNO6. The van der Waals surface area contributed by atoms with E-state index in [2.05, 4.69) is 5.32 Å². The van der Waals surface area contributed by atoms with Crippen molar-refractivity contribution in [2.45, 2.75) is 37.6 Å². The molecule has 1 aliphatic heterocycles. The second-order valence-electron chi connectivity index (χ2n) is 4.87. The summed E-state index contributed by atoms with van der Waals surface area (Å²) >= 11 is 5.83. The van der Waals surface area contributed by atoms with Crippen molar-refractivity contribution in [2.24, 2.45) is 0 Å². The van der Waals surface area contributed by atoms with E-state index in [1.54, 1.807) is 0 Å². The minimum atomic E-state index is -1.42. The third kappa shape index (κ3) is 3.28. The van der Waals surface area contributed by atoms with Crippen molar-refractivity contribution in [3.63, 3.8) is 0 Å². The largest absolute Gasteiger partial charge is 0.478 e. The molecule has 5 N–H and O–H groups in total. The lowest BCUT2D eigenvalue weighted by atomic mass is 9.99. The molecule has 1 heterocycles. The van der Waals surface area contributed by atoms with Crippen LogP contribution >= 0.6 is 11.6 Å². The summed E-state index contributed by atoms with van der Waals surface area (Å²) in [6.45, 7) is 1.53. The summed E-state index contributed by atoms with van der Waals surface area (Å²) in [6, 6.07) is 4.12. The SMILES string of the molecule is C[C@@H]1O[C@@H](Nc2cc(Cl)ccc2C(=O)O)[C@@H](O)[C@@H](O)[C@@H]1O. The first-order valence-corrected chi connectivity index (χ1v) is 6.68. The van der Waals surface area contributed by atoms with Gasteiger partial charge in [0.2, 0.25) is 0 Å². The Morgan fingerprint density at radius 2 is 1.90 bits per heavy atom. The molecule has 0 amide bonds. The highest BCUT2D eigenvalue weighted by atomic mass is 35.5. The van der Waals surface area contributed by atoms with Crippen molar-refractivity contribution in [1.82, 2.24) is 0 Å². The summed E-state index contributed by atoms with van der Waals surface area (Å²) in [5.74, 6) is -1.17. The van der Waals surface area contributed by atoms with Crippen LogP contribution in [0.3, 0.4) is 0 Å². The number of benzene rings is 1. The van der Waals surface area contributed by atoms with Gasteiger partial charge < -0.3 is 30.5 Å².